The van der Waals surface area contributed by atoms with Crippen LogP contribution < -0.4 is 0 Å². The van der Waals surface area contributed by atoms with Gasteiger partial charge in [0.1, 0.15) is 0 Å². The van der Waals surface area contributed by atoms with Gasteiger partial charge in [0, 0.05) is 5.88 Å². The van der Waals surface area contributed by atoms with E-state index in [1.54, 1.807) is 0 Å². The SMILES string of the molecule is O=C(Cl)C(Cl)OCCCl. The van der Waals surface area contributed by atoms with Gasteiger partial charge in [0.15, 0.2) is 0 Å². The van der Waals surface area contributed by atoms with E-state index in [1.807, 2.05) is 0 Å². The van der Waals surface area contributed by atoms with Crippen LogP contribution in [0.1, 0.15) is 0 Å². The Morgan fingerprint density at radius 2 is 2.22 bits per heavy atom. The minimum atomic E-state index is -1.06. The van der Waals surface area contributed by atoms with Gasteiger partial charge in [-0.05, 0) is 11.6 Å². The molecule has 0 saturated carbocycles. The van der Waals surface area contributed by atoms with Crippen LogP contribution in [0.4, 0.5) is 0 Å². The zero-order valence-electron chi connectivity index (χ0n) is 4.44. The molecule has 9 heavy (non-hydrogen) atoms. The van der Waals surface area contributed by atoms with Crippen LogP contribution >= 0.6 is 34.8 Å². The Labute approximate surface area is 68.0 Å². The first kappa shape index (κ1) is 9.50. The fourth-order valence-corrected chi connectivity index (χ4v) is 0.455. The molecule has 54 valence electrons. The smallest absolute Gasteiger partial charge is 0.265 e. The van der Waals surface area contributed by atoms with Gasteiger partial charge in [-0.1, -0.05) is 11.6 Å². The molecule has 0 radical (unpaired) electrons. The van der Waals surface area contributed by atoms with Gasteiger partial charge in [-0.15, -0.1) is 11.6 Å². The predicted octanol–water partition coefficient (Wildman–Crippen LogP) is 1.57. The lowest BCUT2D eigenvalue weighted by Crippen LogP contribution is -2.13. The summed E-state index contributed by atoms with van der Waals surface area (Å²) in [6.07, 6.45) is 0. The number of halogens is 3. The second-order valence-electron chi connectivity index (χ2n) is 1.18. The minimum Gasteiger partial charge on any atom is -0.353 e. The summed E-state index contributed by atoms with van der Waals surface area (Å²) in [6.45, 7) is 0.230. The Hall–Kier alpha value is 0.500. The summed E-state index contributed by atoms with van der Waals surface area (Å²) in [6, 6.07) is 0. The number of hydrogen-bond donors (Lipinski definition) is 0. The van der Waals surface area contributed by atoms with Crippen molar-refractivity contribution in [3.63, 3.8) is 0 Å². The Kier molecular flexibility index (Phi) is 5.59. The van der Waals surface area contributed by atoms with Crippen LogP contribution in [0.5, 0.6) is 0 Å². The van der Waals surface area contributed by atoms with Crippen LogP contribution in [-0.2, 0) is 9.53 Å². The molecule has 0 saturated heterocycles. The van der Waals surface area contributed by atoms with Gasteiger partial charge in [-0.2, -0.15) is 0 Å². The van der Waals surface area contributed by atoms with Crippen LogP contribution in [0.2, 0.25) is 0 Å². The maximum Gasteiger partial charge on any atom is 0.265 e. The molecule has 0 aliphatic heterocycles. The number of rotatable bonds is 4. The van der Waals surface area contributed by atoms with Gasteiger partial charge < -0.3 is 4.74 Å². The molecule has 0 aliphatic carbocycles. The van der Waals surface area contributed by atoms with Gasteiger partial charge >= 0.3 is 0 Å². The normalized spacial score (nSPS) is 13.2. The highest BCUT2D eigenvalue weighted by Crippen LogP contribution is 2.02. The second kappa shape index (κ2) is 5.30. The summed E-state index contributed by atoms with van der Waals surface area (Å²) in [5.41, 5.74) is -1.06. The largest absolute Gasteiger partial charge is 0.353 e. The van der Waals surface area contributed by atoms with E-state index in [4.69, 9.17) is 34.8 Å². The average Bonchev–Trinajstić information content (AvgIpc) is 1.82. The van der Waals surface area contributed by atoms with Crippen molar-refractivity contribution in [3.8, 4) is 0 Å². The molecule has 1 unspecified atom stereocenters. The van der Waals surface area contributed by atoms with Crippen molar-refractivity contribution in [3.05, 3.63) is 0 Å². The van der Waals surface area contributed by atoms with Crippen LogP contribution in [-0.4, -0.2) is 23.3 Å². The Morgan fingerprint density at radius 1 is 1.67 bits per heavy atom. The van der Waals surface area contributed by atoms with Crippen LogP contribution in [0.3, 0.4) is 0 Å². The van der Waals surface area contributed by atoms with Gasteiger partial charge in [0.25, 0.3) is 5.24 Å². The van der Waals surface area contributed by atoms with Crippen LogP contribution in [0.25, 0.3) is 0 Å². The fourth-order valence-electron chi connectivity index (χ4n) is 0.214. The highest BCUT2D eigenvalue weighted by molar-refractivity contribution is 6.68. The van der Waals surface area contributed by atoms with Gasteiger partial charge in [-0.25, -0.2) is 0 Å². The van der Waals surface area contributed by atoms with E-state index in [1.165, 1.54) is 0 Å². The predicted molar refractivity (Wildman–Crippen MR) is 37.2 cm³/mol. The lowest BCUT2D eigenvalue weighted by Gasteiger charge is -2.02. The average molecular weight is 191 g/mol. The molecular formula is C4H5Cl3O2. The molecule has 0 fully saturated rings. The van der Waals surface area contributed by atoms with E-state index >= 15 is 0 Å². The first-order valence-electron chi connectivity index (χ1n) is 2.19. The molecule has 2 nitrogen and oxygen atoms in total. The molecule has 0 bridgehead atoms. The van der Waals surface area contributed by atoms with Crippen molar-refractivity contribution in [1.82, 2.24) is 0 Å². The summed E-state index contributed by atoms with van der Waals surface area (Å²) in [4.78, 5) is 10.1. The van der Waals surface area contributed by atoms with E-state index in [2.05, 4.69) is 4.74 Å². The van der Waals surface area contributed by atoms with Crippen LogP contribution in [0.15, 0.2) is 0 Å². The highest BCUT2D eigenvalue weighted by atomic mass is 35.5. The molecule has 0 aromatic heterocycles. The summed E-state index contributed by atoms with van der Waals surface area (Å²) >= 11 is 15.4. The second-order valence-corrected chi connectivity index (χ2v) is 2.33. The zero-order chi connectivity index (χ0) is 7.28. The number of ether oxygens (including phenoxy) is 1. The van der Waals surface area contributed by atoms with Crippen molar-refractivity contribution in [1.29, 1.82) is 0 Å². The van der Waals surface area contributed by atoms with Crippen molar-refractivity contribution in [2.75, 3.05) is 12.5 Å². The molecule has 1 atom stereocenters. The van der Waals surface area contributed by atoms with Gasteiger partial charge in [-0.3, -0.25) is 4.79 Å². The van der Waals surface area contributed by atoms with E-state index < -0.39 is 10.8 Å². The first-order valence-corrected chi connectivity index (χ1v) is 3.54. The third kappa shape index (κ3) is 4.97. The molecule has 0 aromatic rings. The Morgan fingerprint density at radius 3 is 2.56 bits per heavy atom. The standard InChI is InChI=1S/C4H5Cl3O2/c5-1-2-9-4(7)3(6)8/h4H,1-2H2. The number of hydrogen-bond acceptors (Lipinski definition) is 2. The molecule has 0 spiro atoms. The van der Waals surface area contributed by atoms with Crippen LogP contribution in [0, 0.1) is 0 Å². The molecule has 0 aliphatic rings. The molecule has 5 heteroatoms. The summed E-state index contributed by atoms with van der Waals surface area (Å²) in [5.74, 6) is 0.299. The molecule has 0 rings (SSSR count). The highest BCUT2D eigenvalue weighted by Gasteiger charge is 2.10. The summed E-state index contributed by atoms with van der Waals surface area (Å²) in [5, 5.41) is -0.721. The summed E-state index contributed by atoms with van der Waals surface area (Å²) < 4.78 is 4.60. The van der Waals surface area contributed by atoms with Gasteiger partial charge in [0.05, 0.1) is 6.61 Å². The summed E-state index contributed by atoms with van der Waals surface area (Å²) in [7, 11) is 0. The first-order chi connectivity index (χ1) is 4.18. The number of carbonyl (C=O) groups excluding carboxylic acids is 1. The van der Waals surface area contributed by atoms with E-state index in [9.17, 15) is 4.79 Å². The van der Waals surface area contributed by atoms with E-state index in [0.717, 1.165) is 0 Å². The minimum absolute atomic E-state index is 0.230. The van der Waals surface area contributed by atoms with Crippen molar-refractivity contribution in [2.24, 2.45) is 0 Å². The van der Waals surface area contributed by atoms with Crippen molar-refractivity contribution in [2.45, 2.75) is 5.56 Å². The van der Waals surface area contributed by atoms with E-state index in [0.29, 0.717) is 5.88 Å². The van der Waals surface area contributed by atoms with E-state index in [-0.39, 0.29) is 6.61 Å². The monoisotopic (exact) mass is 190 g/mol. The van der Waals surface area contributed by atoms with Crippen molar-refractivity contribution < 1.29 is 9.53 Å². The molecule has 0 amide bonds. The maximum atomic E-state index is 10.1. The quantitative estimate of drug-likeness (QED) is 0.498. The third-order valence-corrected chi connectivity index (χ3v) is 1.31. The molecule has 0 N–H and O–H groups in total. The molecule has 0 heterocycles. The number of alkyl halides is 2. The molecular weight excluding hydrogens is 186 g/mol. The number of carbonyl (C=O) groups is 1. The third-order valence-electron chi connectivity index (χ3n) is 0.520. The van der Waals surface area contributed by atoms with Gasteiger partial charge in [0.2, 0.25) is 5.56 Å². The Bertz CT molecular complexity index is 95.8. The molecule has 0 aromatic carbocycles. The topological polar surface area (TPSA) is 26.3 Å². The van der Waals surface area contributed by atoms with Crippen molar-refractivity contribution >= 4 is 40.0 Å². The maximum absolute atomic E-state index is 10.1. The lowest BCUT2D eigenvalue weighted by atomic mass is 10.7. The Balaban J connectivity index is 3.27. The fraction of sp³-hybridized carbons (Fsp3) is 0.750. The lowest BCUT2D eigenvalue weighted by molar-refractivity contribution is -0.117. The zero-order valence-corrected chi connectivity index (χ0v) is 6.71.